The van der Waals surface area contributed by atoms with Crippen LogP contribution < -0.4 is 18.9 Å². The predicted octanol–water partition coefficient (Wildman–Crippen LogP) is 10.2. The Bertz CT molecular complexity index is 2270. The molecule has 6 aromatic rings. The Hall–Kier alpha value is -4.60. The van der Waals surface area contributed by atoms with Crippen molar-refractivity contribution in [2.75, 3.05) is 52.1 Å². The normalized spacial score (nSPS) is 16.4. The van der Waals surface area contributed by atoms with E-state index in [0.29, 0.717) is 12.1 Å². The molecule has 8 rings (SSSR count). The van der Waals surface area contributed by atoms with Gasteiger partial charge in [0.25, 0.3) is 0 Å². The zero-order valence-corrected chi connectivity index (χ0v) is 35.9. The van der Waals surface area contributed by atoms with E-state index in [1.165, 1.54) is 83.4 Å². The topological polar surface area (TPSA) is 20.7 Å². The smallest absolute Gasteiger partial charge is 0.213 e. The minimum absolute atomic E-state index is 0.521. The van der Waals surface area contributed by atoms with Gasteiger partial charge in [0, 0.05) is 73.1 Å². The van der Waals surface area contributed by atoms with Crippen molar-refractivity contribution >= 4 is 68.9 Å². The maximum atomic E-state index is 2.46. The monoisotopic (exact) mass is 792 g/mol. The van der Waals surface area contributed by atoms with Crippen LogP contribution in [0.2, 0.25) is 0 Å². The van der Waals surface area contributed by atoms with Gasteiger partial charge in [0.15, 0.2) is 25.5 Å². The number of hydrogen-bond donors (Lipinski definition) is 0. The van der Waals surface area contributed by atoms with Crippen molar-refractivity contribution in [1.29, 1.82) is 0 Å². The lowest BCUT2D eigenvalue weighted by molar-refractivity contribution is -0.672. The Kier molecular flexibility index (Phi) is 12.0. The SMILES string of the molecule is CN1C(=Cc2cc[n+](CCC(CCCC(CC[n+]3ccc(C=C4Sc5ccccc5N4C)c4ccccc43)N(C)C)N(C)C)c3ccccc23)Sc2ccccc21. The highest BCUT2D eigenvalue weighted by atomic mass is 32.2. The molecule has 0 amide bonds. The van der Waals surface area contributed by atoms with E-state index < -0.39 is 0 Å². The first-order chi connectivity index (χ1) is 27.7. The van der Waals surface area contributed by atoms with E-state index in [2.05, 4.69) is 205 Å². The summed E-state index contributed by atoms with van der Waals surface area (Å²) in [4.78, 5) is 12.1. The van der Waals surface area contributed by atoms with Crippen molar-refractivity contribution < 1.29 is 9.13 Å². The quantitative estimate of drug-likeness (QED) is 0.102. The maximum absolute atomic E-state index is 2.46. The molecule has 0 spiro atoms. The van der Waals surface area contributed by atoms with E-state index in [4.69, 9.17) is 0 Å². The average molecular weight is 793 g/mol. The number of anilines is 2. The van der Waals surface area contributed by atoms with Gasteiger partial charge < -0.3 is 19.6 Å². The Balaban J connectivity index is 0.897. The van der Waals surface area contributed by atoms with Crippen LogP contribution in [0, 0.1) is 0 Å². The molecule has 4 heterocycles. The van der Waals surface area contributed by atoms with E-state index in [0.717, 1.165) is 25.9 Å². The lowest BCUT2D eigenvalue weighted by atomic mass is 9.99. The summed E-state index contributed by atoms with van der Waals surface area (Å²) in [6.07, 6.45) is 15.1. The van der Waals surface area contributed by atoms with Crippen molar-refractivity contribution in [1.82, 2.24) is 9.80 Å². The van der Waals surface area contributed by atoms with Crippen LogP contribution in [0.5, 0.6) is 0 Å². The van der Waals surface area contributed by atoms with Crippen molar-refractivity contribution in [2.45, 2.75) is 67.1 Å². The first kappa shape index (κ1) is 39.2. The van der Waals surface area contributed by atoms with Crippen LogP contribution in [-0.4, -0.2) is 64.2 Å². The molecule has 0 saturated heterocycles. The third-order valence-corrected chi connectivity index (χ3v) is 14.3. The lowest BCUT2D eigenvalue weighted by Crippen LogP contribution is -2.40. The largest absolute Gasteiger partial charge is 0.338 e. The van der Waals surface area contributed by atoms with Crippen LogP contribution in [0.25, 0.3) is 34.0 Å². The molecule has 6 nitrogen and oxygen atoms in total. The molecule has 2 atom stereocenters. The number of benzene rings is 4. The van der Waals surface area contributed by atoms with Crippen LogP contribution in [0.4, 0.5) is 11.4 Å². The lowest BCUT2D eigenvalue weighted by Gasteiger charge is -2.27. The van der Waals surface area contributed by atoms with E-state index in [1.54, 1.807) is 0 Å². The summed E-state index contributed by atoms with van der Waals surface area (Å²) in [5.41, 5.74) is 7.69. The fourth-order valence-corrected chi connectivity index (χ4v) is 10.7. The van der Waals surface area contributed by atoms with Crippen molar-refractivity contribution in [3.8, 4) is 0 Å². The number of para-hydroxylation sites is 4. The molecule has 292 valence electrons. The minimum atomic E-state index is 0.521. The maximum Gasteiger partial charge on any atom is 0.213 e. The number of hydrogen-bond acceptors (Lipinski definition) is 6. The van der Waals surface area contributed by atoms with Gasteiger partial charge in [-0.1, -0.05) is 78.5 Å². The van der Waals surface area contributed by atoms with Gasteiger partial charge >= 0.3 is 0 Å². The molecular formula is C49H56N6S2+2. The molecule has 0 radical (unpaired) electrons. The molecule has 0 aliphatic carbocycles. The molecule has 4 aromatic carbocycles. The van der Waals surface area contributed by atoms with Crippen LogP contribution >= 0.6 is 23.5 Å². The number of pyridine rings is 2. The molecule has 8 heteroatoms. The second-order valence-corrected chi connectivity index (χ2v) is 18.1. The van der Waals surface area contributed by atoms with Crippen LogP contribution in [0.3, 0.4) is 0 Å². The van der Waals surface area contributed by atoms with E-state index in [-0.39, 0.29) is 0 Å². The van der Waals surface area contributed by atoms with E-state index >= 15 is 0 Å². The van der Waals surface area contributed by atoms with Gasteiger partial charge in [-0.05, 0) is 101 Å². The summed E-state index contributed by atoms with van der Waals surface area (Å²) in [6.45, 7) is 1.99. The Morgan fingerprint density at radius 1 is 0.526 bits per heavy atom. The molecule has 0 bridgehead atoms. The number of thioether (sulfide) groups is 2. The Morgan fingerprint density at radius 2 is 0.930 bits per heavy atom. The molecule has 2 aliphatic heterocycles. The van der Waals surface area contributed by atoms with Gasteiger partial charge in [0.05, 0.1) is 32.2 Å². The molecule has 2 unspecified atom stereocenters. The fourth-order valence-electron chi connectivity index (χ4n) is 8.51. The Labute approximate surface area is 348 Å². The highest BCUT2D eigenvalue weighted by Crippen LogP contribution is 2.46. The zero-order valence-electron chi connectivity index (χ0n) is 34.3. The standard InChI is InChI=1S/C49H56N6S2/c1-50(2)38(28-32-54-30-26-36(40-18-7-9-20-42(40)54)34-48-52(5)44-22-11-13-24-46(44)56-48)16-15-17-39(51(3)4)29-33-55-31-27-37(41-19-8-10-21-43(41)55)35-49-53(6)45-23-12-14-25-47(45)57-49/h7-14,18-27,30-31,34-35,38-39H,15-17,28-29,32-33H2,1-6H3/q+2. The van der Waals surface area contributed by atoms with Gasteiger partial charge in [0.1, 0.15) is 0 Å². The number of rotatable bonds is 14. The third-order valence-electron chi connectivity index (χ3n) is 12.0. The highest BCUT2D eigenvalue weighted by molar-refractivity contribution is 8.04. The summed E-state index contributed by atoms with van der Waals surface area (Å²) in [6, 6.07) is 40.8. The highest BCUT2D eigenvalue weighted by Gasteiger charge is 2.25. The molecule has 0 saturated carbocycles. The first-order valence-electron chi connectivity index (χ1n) is 20.3. The van der Waals surface area contributed by atoms with E-state index in [9.17, 15) is 0 Å². The summed E-state index contributed by atoms with van der Waals surface area (Å²) < 4.78 is 4.92. The second-order valence-electron chi connectivity index (χ2n) is 15.9. The molecule has 2 aromatic heterocycles. The number of aryl methyl sites for hydroxylation is 2. The molecular weight excluding hydrogens is 737 g/mol. The summed E-state index contributed by atoms with van der Waals surface area (Å²) >= 11 is 3.71. The fraction of sp³-hybridized carbons (Fsp3) is 0.306. The van der Waals surface area contributed by atoms with Gasteiger partial charge in [0.2, 0.25) is 11.0 Å². The van der Waals surface area contributed by atoms with E-state index in [1.807, 2.05) is 23.5 Å². The van der Waals surface area contributed by atoms with Crippen molar-refractivity contribution in [2.24, 2.45) is 0 Å². The van der Waals surface area contributed by atoms with Crippen LogP contribution in [0.1, 0.15) is 43.2 Å². The van der Waals surface area contributed by atoms with Gasteiger partial charge in [-0.15, -0.1) is 0 Å². The predicted molar refractivity (Wildman–Crippen MR) is 244 cm³/mol. The third kappa shape index (κ3) is 8.51. The number of fused-ring (bicyclic) bond motifs is 4. The first-order valence-corrected chi connectivity index (χ1v) is 22.0. The van der Waals surface area contributed by atoms with Gasteiger partial charge in [-0.25, -0.2) is 0 Å². The molecule has 2 aliphatic rings. The van der Waals surface area contributed by atoms with Crippen LogP contribution in [0.15, 0.2) is 141 Å². The van der Waals surface area contributed by atoms with Gasteiger partial charge in [-0.2, -0.15) is 9.13 Å². The number of nitrogens with zero attached hydrogens (tertiary/aromatic N) is 6. The van der Waals surface area contributed by atoms with Crippen LogP contribution in [-0.2, 0) is 13.1 Å². The summed E-state index contributed by atoms with van der Waals surface area (Å²) in [7, 11) is 13.4. The Morgan fingerprint density at radius 3 is 1.35 bits per heavy atom. The zero-order chi connectivity index (χ0) is 39.5. The summed E-state index contributed by atoms with van der Waals surface area (Å²) in [5, 5.41) is 5.13. The van der Waals surface area contributed by atoms with Crippen molar-refractivity contribution in [3.63, 3.8) is 0 Å². The minimum Gasteiger partial charge on any atom is -0.338 e. The molecule has 57 heavy (non-hydrogen) atoms. The van der Waals surface area contributed by atoms with Gasteiger partial charge in [-0.3, -0.25) is 0 Å². The average Bonchev–Trinajstić information content (AvgIpc) is 3.72. The summed E-state index contributed by atoms with van der Waals surface area (Å²) in [5.74, 6) is 0. The molecule has 0 fully saturated rings. The number of aromatic nitrogens is 2. The van der Waals surface area contributed by atoms with Crippen molar-refractivity contribution in [3.05, 3.63) is 143 Å². The second kappa shape index (κ2) is 17.5. The molecule has 0 N–H and O–H groups in total.